The van der Waals surface area contributed by atoms with Crippen LogP contribution in [0.15, 0.2) is 18.2 Å². The maximum Gasteiger partial charge on any atom is 0.147 e. The molecule has 0 aromatic heterocycles. The lowest BCUT2D eigenvalue weighted by Gasteiger charge is -2.30. The number of halogens is 2. The van der Waals surface area contributed by atoms with Gasteiger partial charge in [-0.3, -0.25) is 0 Å². The van der Waals surface area contributed by atoms with Crippen LogP contribution in [0.5, 0.6) is 0 Å². The number of benzene rings is 1. The summed E-state index contributed by atoms with van der Waals surface area (Å²) in [7, 11) is 1.64. The minimum absolute atomic E-state index is 0.0764. The molecular weight excluding hydrogens is 391 g/mol. The molecule has 0 aliphatic carbocycles. The Morgan fingerprint density at radius 3 is 2.48 bits per heavy atom. The molecule has 1 aromatic rings. The largest absolute Gasteiger partial charge is 0.382 e. The highest BCUT2D eigenvalue weighted by Gasteiger charge is 2.51. The number of rotatable bonds is 11. The summed E-state index contributed by atoms with van der Waals surface area (Å²) < 4.78 is 28.7. The average Bonchev–Trinajstić information content (AvgIpc) is 2.88. The molecule has 0 amide bonds. The monoisotopic (exact) mass is 420 g/mol. The highest BCUT2D eigenvalue weighted by atomic mass is 35.5. The van der Waals surface area contributed by atoms with Gasteiger partial charge in [0.1, 0.15) is 6.79 Å². The van der Waals surface area contributed by atoms with Gasteiger partial charge in [-0.05, 0) is 32.4 Å². The van der Waals surface area contributed by atoms with E-state index in [9.17, 15) is 0 Å². The van der Waals surface area contributed by atoms with Crippen molar-refractivity contribution in [3.05, 3.63) is 33.8 Å². The molecule has 0 saturated carbocycles. The highest BCUT2D eigenvalue weighted by molar-refractivity contribution is 6.35. The predicted octanol–water partition coefficient (Wildman–Crippen LogP) is 4.86. The summed E-state index contributed by atoms with van der Waals surface area (Å²) in [5, 5.41) is 1.21. The van der Waals surface area contributed by atoms with Gasteiger partial charge >= 0.3 is 0 Å². The Bertz CT molecular complexity index is 575. The van der Waals surface area contributed by atoms with Crippen LogP contribution in [-0.2, 0) is 30.3 Å². The second kappa shape index (κ2) is 10.4. The van der Waals surface area contributed by atoms with Crippen molar-refractivity contribution in [2.24, 2.45) is 0 Å². The van der Waals surface area contributed by atoms with Crippen molar-refractivity contribution in [3.8, 4) is 0 Å². The molecule has 27 heavy (non-hydrogen) atoms. The van der Waals surface area contributed by atoms with Gasteiger partial charge in [0.25, 0.3) is 0 Å². The van der Waals surface area contributed by atoms with Crippen molar-refractivity contribution in [3.63, 3.8) is 0 Å². The van der Waals surface area contributed by atoms with Gasteiger partial charge < -0.3 is 23.7 Å². The lowest BCUT2D eigenvalue weighted by atomic mass is 9.93. The molecule has 154 valence electrons. The second-order valence-electron chi connectivity index (χ2n) is 7.31. The average molecular weight is 421 g/mol. The Hall–Kier alpha value is -0.400. The van der Waals surface area contributed by atoms with Crippen LogP contribution in [0.25, 0.3) is 0 Å². The molecule has 1 fully saturated rings. The third-order valence-electron chi connectivity index (χ3n) is 4.91. The maximum atomic E-state index is 6.38. The van der Waals surface area contributed by atoms with Gasteiger partial charge in [-0.15, -0.1) is 0 Å². The Balaban J connectivity index is 1.90. The van der Waals surface area contributed by atoms with E-state index >= 15 is 0 Å². The van der Waals surface area contributed by atoms with Crippen LogP contribution in [0.3, 0.4) is 0 Å². The Morgan fingerprint density at radius 1 is 1.15 bits per heavy atom. The van der Waals surface area contributed by atoms with Crippen LogP contribution in [0.1, 0.15) is 39.2 Å². The van der Waals surface area contributed by atoms with Crippen LogP contribution in [0.4, 0.5) is 0 Å². The van der Waals surface area contributed by atoms with Crippen LogP contribution < -0.4 is 0 Å². The molecule has 2 atom stereocenters. The van der Waals surface area contributed by atoms with Gasteiger partial charge in [0.05, 0.1) is 43.7 Å². The molecule has 0 radical (unpaired) electrons. The number of hydrogen-bond donors (Lipinski definition) is 0. The van der Waals surface area contributed by atoms with Crippen LogP contribution in [-0.4, -0.2) is 51.0 Å². The van der Waals surface area contributed by atoms with Gasteiger partial charge in [-0.1, -0.05) is 36.2 Å². The molecule has 1 aromatic carbocycles. The minimum atomic E-state index is -0.425. The van der Waals surface area contributed by atoms with Gasteiger partial charge in [0.15, 0.2) is 0 Å². The van der Waals surface area contributed by atoms with Crippen molar-refractivity contribution in [2.45, 2.75) is 57.5 Å². The molecule has 0 spiro atoms. The molecule has 5 nitrogen and oxygen atoms in total. The Morgan fingerprint density at radius 2 is 1.85 bits per heavy atom. The Kier molecular flexibility index (Phi) is 8.81. The van der Waals surface area contributed by atoms with E-state index in [1.54, 1.807) is 7.11 Å². The van der Waals surface area contributed by atoms with Crippen LogP contribution in [0.2, 0.25) is 10.0 Å². The summed E-state index contributed by atoms with van der Waals surface area (Å²) in [4.78, 5) is 0. The molecule has 1 aliphatic rings. The van der Waals surface area contributed by atoms with E-state index < -0.39 is 11.2 Å². The van der Waals surface area contributed by atoms with Crippen molar-refractivity contribution in [1.29, 1.82) is 0 Å². The predicted molar refractivity (Wildman–Crippen MR) is 106 cm³/mol. The first-order valence-corrected chi connectivity index (χ1v) is 9.98. The molecular formula is C20H30Cl2O5. The zero-order valence-electron chi connectivity index (χ0n) is 16.6. The first-order chi connectivity index (χ1) is 12.8. The zero-order valence-corrected chi connectivity index (χ0v) is 18.1. The van der Waals surface area contributed by atoms with Crippen molar-refractivity contribution in [1.82, 2.24) is 0 Å². The van der Waals surface area contributed by atoms with Gasteiger partial charge in [0, 0.05) is 29.1 Å². The van der Waals surface area contributed by atoms with Crippen molar-refractivity contribution >= 4 is 23.2 Å². The smallest absolute Gasteiger partial charge is 0.147 e. The van der Waals surface area contributed by atoms with E-state index in [0.29, 0.717) is 36.5 Å². The standard InChI is InChI=1S/C20H30Cl2O5/c1-5-20(13-25-12-15-16(21)7-6-8-17(15)22)11-18(19(2,3)27-20)26-14-24-10-9-23-4/h6-8,18H,5,9-14H2,1-4H3. The molecule has 0 N–H and O–H groups in total. The fourth-order valence-electron chi connectivity index (χ4n) is 3.26. The molecule has 1 aliphatic heterocycles. The van der Waals surface area contributed by atoms with Crippen LogP contribution in [0, 0.1) is 0 Å². The number of methoxy groups -OCH3 is 1. The normalized spacial score (nSPS) is 24.4. The first-order valence-electron chi connectivity index (χ1n) is 9.22. The summed E-state index contributed by atoms with van der Waals surface area (Å²) >= 11 is 12.4. The third kappa shape index (κ3) is 6.29. The van der Waals surface area contributed by atoms with E-state index in [1.165, 1.54) is 0 Å². The maximum absolute atomic E-state index is 6.38. The lowest BCUT2D eigenvalue weighted by Crippen LogP contribution is -2.37. The van der Waals surface area contributed by atoms with E-state index in [-0.39, 0.29) is 12.9 Å². The van der Waals surface area contributed by atoms with E-state index in [2.05, 4.69) is 6.92 Å². The number of ether oxygens (including phenoxy) is 5. The van der Waals surface area contributed by atoms with Crippen molar-refractivity contribution in [2.75, 3.05) is 33.7 Å². The minimum Gasteiger partial charge on any atom is -0.382 e. The molecule has 7 heteroatoms. The molecule has 1 saturated heterocycles. The van der Waals surface area contributed by atoms with E-state index in [1.807, 2.05) is 32.0 Å². The van der Waals surface area contributed by atoms with Crippen molar-refractivity contribution < 1.29 is 23.7 Å². The van der Waals surface area contributed by atoms with E-state index in [0.717, 1.165) is 18.4 Å². The quantitative estimate of drug-likeness (QED) is 0.377. The first kappa shape index (κ1) is 22.9. The van der Waals surface area contributed by atoms with Gasteiger partial charge in [-0.25, -0.2) is 0 Å². The van der Waals surface area contributed by atoms with Gasteiger partial charge in [0.2, 0.25) is 0 Å². The van der Waals surface area contributed by atoms with Crippen LogP contribution >= 0.6 is 23.2 Å². The van der Waals surface area contributed by atoms with E-state index in [4.69, 9.17) is 46.9 Å². The van der Waals surface area contributed by atoms with Gasteiger partial charge in [-0.2, -0.15) is 0 Å². The Labute approximate surface area is 172 Å². The molecule has 1 heterocycles. The molecule has 0 bridgehead atoms. The summed E-state index contributed by atoms with van der Waals surface area (Å²) in [6.07, 6.45) is 1.48. The SMILES string of the molecule is CCC1(COCc2c(Cl)cccc2Cl)CC(OCOCCOC)C(C)(C)O1. The topological polar surface area (TPSA) is 46.2 Å². The zero-order chi connectivity index (χ0) is 19.9. The fourth-order valence-corrected chi connectivity index (χ4v) is 3.76. The summed E-state index contributed by atoms with van der Waals surface area (Å²) in [6.45, 7) is 8.23. The molecule has 2 rings (SSSR count). The third-order valence-corrected chi connectivity index (χ3v) is 5.62. The summed E-state index contributed by atoms with van der Waals surface area (Å²) in [5.74, 6) is 0. The molecule has 2 unspecified atom stereocenters. The summed E-state index contributed by atoms with van der Waals surface area (Å²) in [5.41, 5.74) is -0.0378. The second-order valence-corrected chi connectivity index (χ2v) is 8.13. The fraction of sp³-hybridized carbons (Fsp3) is 0.700. The summed E-state index contributed by atoms with van der Waals surface area (Å²) in [6, 6.07) is 5.44. The lowest BCUT2D eigenvalue weighted by molar-refractivity contribution is -0.160. The highest BCUT2D eigenvalue weighted by Crippen LogP contribution is 2.42. The number of hydrogen-bond acceptors (Lipinski definition) is 5.